The molecule has 0 aromatic rings. The van der Waals surface area contributed by atoms with Crippen LogP contribution in [0.1, 0.15) is 65.2 Å². The van der Waals surface area contributed by atoms with Crippen molar-refractivity contribution in [2.75, 3.05) is 0 Å². The maximum absolute atomic E-state index is 11.2. The molecular weight excluding hydrogens is 200 g/mol. The van der Waals surface area contributed by atoms with Crippen molar-refractivity contribution in [2.24, 2.45) is 17.8 Å². The SMILES string of the molecule is CCCCC1CC(CCC)CCC1C(=O)O. The fraction of sp³-hybridized carbons (Fsp3) is 0.929. The Morgan fingerprint density at radius 3 is 2.50 bits per heavy atom. The van der Waals surface area contributed by atoms with Gasteiger partial charge >= 0.3 is 5.97 Å². The first-order chi connectivity index (χ1) is 7.69. The molecule has 1 N–H and O–H groups in total. The van der Waals surface area contributed by atoms with Crippen molar-refractivity contribution < 1.29 is 9.90 Å². The van der Waals surface area contributed by atoms with E-state index in [1.54, 1.807) is 0 Å². The fourth-order valence-electron chi connectivity index (χ4n) is 3.14. The van der Waals surface area contributed by atoms with E-state index in [9.17, 15) is 9.90 Å². The standard InChI is InChI=1S/C14H26O2/c1-3-5-7-12-10-11(6-4-2)8-9-13(12)14(15)16/h11-13H,3-10H2,1-2H3,(H,15,16). The van der Waals surface area contributed by atoms with Crippen molar-refractivity contribution in [3.8, 4) is 0 Å². The summed E-state index contributed by atoms with van der Waals surface area (Å²) in [6.45, 7) is 4.41. The van der Waals surface area contributed by atoms with Crippen LogP contribution in [0.15, 0.2) is 0 Å². The van der Waals surface area contributed by atoms with Gasteiger partial charge in [0.05, 0.1) is 5.92 Å². The average Bonchev–Trinajstić information content (AvgIpc) is 2.26. The number of rotatable bonds is 6. The predicted molar refractivity (Wildman–Crippen MR) is 66.4 cm³/mol. The van der Waals surface area contributed by atoms with Crippen LogP contribution in [0.5, 0.6) is 0 Å². The highest BCUT2D eigenvalue weighted by molar-refractivity contribution is 5.70. The van der Waals surface area contributed by atoms with Gasteiger partial charge in [0, 0.05) is 0 Å². The molecule has 3 unspecified atom stereocenters. The molecule has 0 saturated heterocycles. The van der Waals surface area contributed by atoms with Gasteiger partial charge in [-0.1, -0.05) is 39.5 Å². The molecular formula is C14H26O2. The lowest BCUT2D eigenvalue weighted by atomic mass is 9.71. The van der Waals surface area contributed by atoms with Crippen molar-refractivity contribution in [1.82, 2.24) is 0 Å². The van der Waals surface area contributed by atoms with Crippen LogP contribution in [0.4, 0.5) is 0 Å². The summed E-state index contributed by atoms with van der Waals surface area (Å²) in [6, 6.07) is 0. The van der Waals surface area contributed by atoms with Crippen LogP contribution in [0.2, 0.25) is 0 Å². The average molecular weight is 226 g/mol. The lowest BCUT2D eigenvalue weighted by Crippen LogP contribution is -2.30. The number of hydrogen-bond donors (Lipinski definition) is 1. The summed E-state index contributed by atoms with van der Waals surface area (Å²) in [7, 11) is 0. The molecule has 0 radical (unpaired) electrons. The molecule has 0 aromatic heterocycles. The van der Waals surface area contributed by atoms with E-state index in [0.29, 0.717) is 5.92 Å². The van der Waals surface area contributed by atoms with E-state index >= 15 is 0 Å². The molecule has 1 aliphatic rings. The number of carboxylic acid groups (broad SMARTS) is 1. The molecule has 1 rings (SSSR count). The van der Waals surface area contributed by atoms with Gasteiger partial charge in [-0.05, 0) is 37.5 Å². The third-order valence-electron chi connectivity index (χ3n) is 4.03. The van der Waals surface area contributed by atoms with E-state index in [1.165, 1.54) is 25.7 Å². The molecule has 0 aliphatic heterocycles. The zero-order valence-corrected chi connectivity index (χ0v) is 10.7. The van der Waals surface area contributed by atoms with Crippen LogP contribution in [0, 0.1) is 17.8 Å². The summed E-state index contributed by atoms with van der Waals surface area (Å²) in [5, 5.41) is 9.22. The van der Waals surface area contributed by atoms with Gasteiger partial charge in [-0.15, -0.1) is 0 Å². The predicted octanol–water partition coefficient (Wildman–Crippen LogP) is 4.09. The third kappa shape index (κ3) is 3.80. The first-order valence-electron chi connectivity index (χ1n) is 6.91. The van der Waals surface area contributed by atoms with Gasteiger partial charge in [0.1, 0.15) is 0 Å². The Morgan fingerprint density at radius 1 is 1.19 bits per heavy atom. The molecule has 1 saturated carbocycles. The molecule has 94 valence electrons. The zero-order valence-electron chi connectivity index (χ0n) is 10.7. The van der Waals surface area contributed by atoms with E-state index in [1.807, 2.05) is 0 Å². The minimum absolute atomic E-state index is 0.0559. The molecule has 0 heterocycles. The highest BCUT2D eigenvalue weighted by Crippen LogP contribution is 2.38. The molecule has 2 nitrogen and oxygen atoms in total. The highest BCUT2D eigenvalue weighted by atomic mass is 16.4. The van der Waals surface area contributed by atoms with E-state index in [-0.39, 0.29) is 5.92 Å². The second kappa shape index (κ2) is 6.93. The number of carboxylic acids is 1. The van der Waals surface area contributed by atoms with E-state index in [0.717, 1.165) is 31.6 Å². The Labute approximate surface area is 99.4 Å². The number of unbranched alkanes of at least 4 members (excludes halogenated alkanes) is 1. The maximum atomic E-state index is 11.2. The lowest BCUT2D eigenvalue weighted by molar-refractivity contribution is -0.145. The van der Waals surface area contributed by atoms with Crippen LogP contribution < -0.4 is 0 Å². The largest absolute Gasteiger partial charge is 0.481 e. The summed E-state index contributed by atoms with van der Waals surface area (Å²) in [5.74, 6) is 0.626. The summed E-state index contributed by atoms with van der Waals surface area (Å²) >= 11 is 0. The Bertz CT molecular complexity index is 213. The first-order valence-corrected chi connectivity index (χ1v) is 6.91. The summed E-state index contributed by atoms with van der Waals surface area (Å²) in [6.07, 6.45) is 9.22. The molecule has 2 heteroatoms. The normalized spacial score (nSPS) is 30.2. The molecule has 16 heavy (non-hydrogen) atoms. The van der Waals surface area contributed by atoms with Crippen LogP contribution >= 0.6 is 0 Å². The van der Waals surface area contributed by atoms with E-state index in [2.05, 4.69) is 13.8 Å². The molecule has 0 aromatic carbocycles. The van der Waals surface area contributed by atoms with Gasteiger partial charge in [-0.25, -0.2) is 0 Å². The first kappa shape index (κ1) is 13.5. The number of carbonyl (C=O) groups is 1. The quantitative estimate of drug-likeness (QED) is 0.740. The van der Waals surface area contributed by atoms with Crippen LogP contribution in [0.3, 0.4) is 0 Å². The minimum Gasteiger partial charge on any atom is -0.481 e. The molecule has 0 bridgehead atoms. The van der Waals surface area contributed by atoms with Gasteiger partial charge in [-0.3, -0.25) is 4.79 Å². The van der Waals surface area contributed by atoms with Crippen LogP contribution in [-0.2, 0) is 4.79 Å². The zero-order chi connectivity index (χ0) is 12.0. The Morgan fingerprint density at radius 2 is 1.94 bits per heavy atom. The smallest absolute Gasteiger partial charge is 0.306 e. The van der Waals surface area contributed by atoms with E-state index < -0.39 is 5.97 Å². The second-order valence-corrected chi connectivity index (χ2v) is 5.31. The highest BCUT2D eigenvalue weighted by Gasteiger charge is 2.33. The summed E-state index contributed by atoms with van der Waals surface area (Å²) in [5.41, 5.74) is 0. The molecule has 1 fully saturated rings. The van der Waals surface area contributed by atoms with Gasteiger partial charge in [0.15, 0.2) is 0 Å². The number of hydrogen-bond acceptors (Lipinski definition) is 1. The monoisotopic (exact) mass is 226 g/mol. The van der Waals surface area contributed by atoms with Crippen LogP contribution in [0.25, 0.3) is 0 Å². The minimum atomic E-state index is -0.559. The Kier molecular flexibility index (Phi) is 5.86. The molecule has 0 amide bonds. The third-order valence-corrected chi connectivity index (χ3v) is 4.03. The second-order valence-electron chi connectivity index (χ2n) is 5.31. The van der Waals surface area contributed by atoms with Crippen LogP contribution in [-0.4, -0.2) is 11.1 Å². The van der Waals surface area contributed by atoms with Gasteiger partial charge in [-0.2, -0.15) is 0 Å². The maximum Gasteiger partial charge on any atom is 0.306 e. The van der Waals surface area contributed by atoms with Crippen molar-refractivity contribution >= 4 is 5.97 Å². The molecule has 1 aliphatic carbocycles. The van der Waals surface area contributed by atoms with E-state index in [4.69, 9.17) is 0 Å². The lowest BCUT2D eigenvalue weighted by Gasteiger charge is -2.34. The van der Waals surface area contributed by atoms with Gasteiger partial charge in [0.2, 0.25) is 0 Å². The molecule has 0 spiro atoms. The fourth-order valence-corrected chi connectivity index (χ4v) is 3.14. The summed E-state index contributed by atoms with van der Waals surface area (Å²) < 4.78 is 0. The van der Waals surface area contributed by atoms with Crippen molar-refractivity contribution in [1.29, 1.82) is 0 Å². The Hall–Kier alpha value is -0.530. The summed E-state index contributed by atoms with van der Waals surface area (Å²) in [4.78, 5) is 11.2. The van der Waals surface area contributed by atoms with Gasteiger partial charge in [0.25, 0.3) is 0 Å². The van der Waals surface area contributed by atoms with Crippen molar-refractivity contribution in [3.05, 3.63) is 0 Å². The molecule has 3 atom stereocenters. The van der Waals surface area contributed by atoms with Gasteiger partial charge < -0.3 is 5.11 Å². The topological polar surface area (TPSA) is 37.3 Å². The Balaban J connectivity index is 2.50. The van der Waals surface area contributed by atoms with Crippen molar-refractivity contribution in [3.63, 3.8) is 0 Å². The number of aliphatic carboxylic acids is 1. The van der Waals surface area contributed by atoms with Crippen molar-refractivity contribution in [2.45, 2.75) is 65.2 Å².